The molecule has 0 N–H and O–H groups in total. The summed E-state index contributed by atoms with van der Waals surface area (Å²) in [5, 5.41) is -0.191. The van der Waals surface area contributed by atoms with Crippen LogP contribution in [-0.2, 0) is 11.8 Å². The zero-order valence-electron chi connectivity index (χ0n) is 42.1. The number of imidazole rings is 1. The molecule has 8 aromatic carbocycles. The van der Waals surface area contributed by atoms with E-state index in [-0.39, 0.29) is 49.4 Å². The van der Waals surface area contributed by atoms with E-state index in [1.165, 1.54) is 12.1 Å². The Bertz CT molecular complexity index is 3420. The van der Waals surface area contributed by atoms with Crippen LogP contribution in [0.5, 0.6) is 0 Å². The van der Waals surface area contributed by atoms with Gasteiger partial charge < -0.3 is 0 Å². The molecular formula is C50H38N2. The predicted octanol–water partition coefficient (Wildman–Crippen LogP) is 13.2. The lowest BCUT2D eigenvalue weighted by Crippen LogP contribution is -2.14. The monoisotopic (exact) mass is 680 g/mol. The molecule has 9 aromatic rings. The average Bonchev–Trinajstić information content (AvgIpc) is 3.84. The number of hydrogen-bond donors (Lipinski definition) is 0. The highest BCUT2D eigenvalue weighted by molar-refractivity contribution is 6.21. The number of fused-ring (bicyclic) bond motifs is 6. The Morgan fingerprint density at radius 3 is 1.77 bits per heavy atom. The van der Waals surface area contributed by atoms with Crippen LogP contribution < -0.4 is 0 Å². The molecule has 1 aliphatic carbocycles. The van der Waals surface area contributed by atoms with Crippen molar-refractivity contribution in [3.8, 4) is 50.2 Å². The molecule has 10 rings (SSSR count). The lowest BCUT2D eigenvalue weighted by atomic mass is 9.80. The standard InChI is InChI=1S/C50H38N2/c1-4-47-51-45-19-11-12-20-46(45)52(47)36-28-25-33(26-29-36)32-21-23-34(24-22-32)48-39-14-5-7-16-41(39)49(42-17-8-6-15-40(42)48)35-27-30-38-37-13-9-10-18-43(37)50(2,3)44(38)31-35/h5-31H,4H2,1-3H3/i2D3,3D3,5D,6D,7D,8D,14D,15D,16D,17D. The second-order valence-electron chi connectivity index (χ2n) is 13.1. The van der Waals surface area contributed by atoms with Gasteiger partial charge in [-0.25, -0.2) is 4.98 Å². The van der Waals surface area contributed by atoms with Crippen LogP contribution in [0.4, 0.5) is 0 Å². The average molecular weight is 681 g/mol. The lowest BCUT2D eigenvalue weighted by molar-refractivity contribution is 0.660. The maximum absolute atomic E-state index is 9.42. The fourth-order valence-electron chi connectivity index (χ4n) is 7.87. The van der Waals surface area contributed by atoms with E-state index < -0.39 is 67.5 Å². The zero-order valence-corrected chi connectivity index (χ0v) is 28.1. The summed E-state index contributed by atoms with van der Waals surface area (Å²) in [4.78, 5) is 4.81. The van der Waals surface area contributed by atoms with Crippen molar-refractivity contribution in [2.75, 3.05) is 0 Å². The minimum absolute atomic E-state index is 0.0138. The second-order valence-corrected chi connectivity index (χ2v) is 13.1. The molecule has 0 amide bonds. The van der Waals surface area contributed by atoms with Crippen molar-refractivity contribution in [2.45, 2.75) is 32.5 Å². The van der Waals surface area contributed by atoms with Gasteiger partial charge in [0.05, 0.1) is 22.0 Å². The molecule has 0 saturated carbocycles. The molecule has 0 fully saturated rings. The number of hydrogen-bond acceptors (Lipinski definition) is 1. The minimum atomic E-state index is -3.11. The van der Waals surface area contributed by atoms with Gasteiger partial charge in [0.15, 0.2) is 0 Å². The van der Waals surface area contributed by atoms with E-state index in [1.54, 1.807) is 42.5 Å². The van der Waals surface area contributed by atoms with E-state index in [4.69, 9.17) is 18.7 Å². The van der Waals surface area contributed by atoms with Gasteiger partial charge in [-0.05, 0) is 108 Å². The first kappa shape index (κ1) is 19.4. The van der Waals surface area contributed by atoms with Gasteiger partial charge >= 0.3 is 0 Å². The van der Waals surface area contributed by atoms with E-state index in [1.807, 2.05) is 60.7 Å². The third kappa shape index (κ3) is 4.54. The van der Waals surface area contributed by atoms with Gasteiger partial charge in [-0.2, -0.15) is 0 Å². The van der Waals surface area contributed by atoms with Crippen LogP contribution in [0, 0.1) is 0 Å². The normalized spacial score (nSPS) is 17.5. The Balaban J connectivity index is 1.23. The van der Waals surface area contributed by atoms with E-state index in [0.717, 1.165) is 40.1 Å². The molecule has 2 heteroatoms. The number of aryl methyl sites for hydroxylation is 1. The van der Waals surface area contributed by atoms with Gasteiger partial charge in [0.2, 0.25) is 0 Å². The quantitative estimate of drug-likeness (QED) is 0.165. The summed E-state index contributed by atoms with van der Waals surface area (Å²) in [6, 6.07) is 29.9. The maximum Gasteiger partial charge on any atom is 0.114 e. The van der Waals surface area contributed by atoms with Crippen molar-refractivity contribution in [3.05, 3.63) is 181 Å². The SMILES string of the molecule is [2H]c1c([2H])c([2H])c2c(-c3ccc4c(c3)C(C([2H])([2H])[2H])(C([2H])([2H])[2H])c3ccccc3-4)c3c([2H])c([2H])c([2H])c([2H])c3c(-c3ccc(-c4ccc(-n5c(CC)nc6ccccc65)cc4)cc3)c2c1[2H]. The number of nitrogens with zero attached hydrogens (tertiary/aromatic N) is 2. The van der Waals surface area contributed by atoms with E-state index in [0.29, 0.717) is 16.7 Å². The molecule has 52 heavy (non-hydrogen) atoms. The molecule has 0 bridgehead atoms. The van der Waals surface area contributed by atoms with E-state index in [9.17, 15) is 5.48 Å². The van der Waals surface area contributed by atoms with Gasteiger partial charge in [0.25, 0.3) is 0 Å². The number of rotatable bonds is 5. The van der Waals surface area contributed by atoms with Crippen LogP contribution in [0.1, 0.15) is 56.8 Å². The smallest absolute Gasteiger partial charge is 0.114 e. The molecule has 1 aliphatic rings. The van der Waals surface area contributed by atoms with Crippen molar-refractivity contribution < 1.29 is 19.2 Å². The summed E-state index contributed by atoms with van der Waals surface area (Å²) in [5.74, 6) is 0.927. The molecule has 0 aliphatic heterocycles. The predicted molar refractivity (Wildman–Crippen MR) is 219 cm³/mol. The van der Waals surface area contributed by atoms with Crippen LogP contribution in [0.2, 0.25) is 0 Å². The van der Waals surface area contributed by atoms with Crippen molar-refractivity contribution in [3.63, 3.8) is 0 Å². The highest BCUT2D eigenvalue weighted by Crippen LogP contribution is 2.51. The zero-order chi connectivity index (χ0) is 46.9. The first-order valence-corrected chi connectivity index (χ1v) is 17.2. The molecule has 0 saturated heterocycles. The van der Waals surface area contributed by atoms with Gasteiger partial charge in [0, 0.05) is 25.7 Å². The Kier molecular flexibility index (Phi) is 4.34. The molecule has 0 atom stereocenters. The Hall–Kier alpha value is -6.25. The van der Waals surface area contributed by atoms with E-state index >= 15 is 0 Å². The van der Waals surface area contributed by atoms with Crippen LogP contribution >= 0.6 is 0 Å². The summed E-state index contributed by atoms with van der Waals surface area (Å²) in [6.45, 7) is -4.16. The largest absolute Gasteiger partial charge is 0.296 e. The van der Waals surface area contributed by atoms with Crippen molar-refractivity contribution in [2.24, 2.45) is 0 Å². The van der Waals surface area contributed by atoms with Gasteiger partial charge in [-0.15, -0.1) is 0 Å². The number of benzene rings is 8. The van der Waals surface area contributed by atoms with Crippen LogP contribution in [0.3, 0.4) is 0 Å². The van der Waals surface area contributed by atoms with Crippen molar-refractivity contribution in [1.29, 1.82) is 0 Å². The number of para-hydroxylation sites is 2. The minimum Gasteiger partial charge on any atom is -0.296 e. The van der Waals surface area contributed by atoms with E-state index in [2.05, 4.69) is 11.5 Å². The molecule has 248 valence electrons. The third-order valence-corrected chi connectivity index (χ3v) is 10.3. The first-order valence-electron chi connectivity index (χ1n) is 24.2. The van der Waals surface area contributed by atoms with Crippen molar-refractivity contribution in [1.82, 2.24) is 9.55 Å². The molecule has 1 aromatic heterocycles. The van der Waals surface area contributed by atoms with Crippen LogP contribution in [0.15, 0.2) is 164 Å². The summed E-state index contributed by atoms with van der Waals surface area (Å²) in [7, 11) is 0. The lowest BCUT2D eigenvalue weighted by Gasteiger charge is -2.23. The second kappa shape index (κ2) is 11.6. The summed E-state index contributed by atoms with van der Waals surface area (Å²) in [5.41, 5.74) is 3.49. The van der Waals surface area contributed by atoms with Gasteiger partial charge in [-0.3, -0.25) is 4.57 Å². The summed E-state index contributed by atoms with van der Waals surface area (Å²) < 4.78 is 128. The topological polar surface area (TPSA) is 17.8 Å². The van der Waals surface area contributed by atoms with Crippen LogP contribution in [-0.4, -0.2) is 9.55 Å². The number of aromatic nitrogens is 2. The van der Waals surface area contributed by atoms with Gasteiger partial charge in [-0.1, -0.05) is 154 Å². The van der Waals surface area contributed by atoms with Crippen molar-refractivity contribution >= 4 is 32.6 Å². The highest BCUT2D eigenvalue weighted by atomic mass is 15.1. The Morgan fingerprint density at radius 1 is 0.577 bits per heavy atom. The molecule has 0 radical (unpaired) electrons. The Morgan fingerprint density at radius 2 is 1.12 bits per heavy atom. The molecule has 1 heterocycles. The molecule has 0 spiro atoms. The fraction of sp³-hybridized carbons (Fsp3) is 0.100. The van der Waals surface area contributed by atoms with Crippen LogP contribution in [0.25, 0.3) is 82.8 Å². The fourth-order valence-corrected chi connectivity index (χ4v) is 7.87. The molecule has 0 unspecified atom stereocenters. The third-order valence-electron chi connectivity index (χ3n) is 10.3. The summed E-state index contributed by atoms with van der Waals surface area (Å²) >= 11 is 0. The maximum atomic E-state index is 9.42. The molecular weight excluding hydrogens is 629 g/mol. The summed E-state index contributed by atoms with van der Waals surface area (Å²) in [6.07, 6.45) is 0.736. The molecule has 2 nitrogen and oxygen atoms in total. The van der Waals surface area contributed by atoms with Gasteiger partial charge in [0.1, 0.15) is 5.82 Å². The Labute approximate surface area is 324 Å². The first-order chi connectivity index (χ1) is 31.3. The highest BCUT2D eigenvalue weighted by Gasteiger charge is 2.35.